The minimum atomic E-state index is -0.243. The summed E-state index contributed by atoms with van der Waals surface area (Å²) in [6, 6.07) is 74.1. The normalized spacial score (nSPS) is 14.6. The van der Waals surface area contributed by atoms with Crippen molar-refractivity contribution in [2.24, 2.45) is 0 Å². The van der Waals surface area contributed by atoms with Gasteiger partial charge in [0.25, 0.3) is 0 Å². The molecule has 3 aliphatic rings. The number of ether oxygens (including phenoxy) is 1. The standard InChI is InChI=1S/C62H45NO/c1-61(2)52-32-45(43-24-22-38-14-8-10-18-41(38)30-43)26-28-48(52)50-34-57-59(36-54(50)61)64-60-37-55-51(35-58(60)63(57)56-21-13-12-20-47(56)40-16-6-5-7-17-40)49-29-27-46(33-53(49)62(55,3)4)44-25-23-39-15-9-11-19-42(39)31-44/h5-37H,1-4H3. The van der Waals surface area contributed by atoms with Gasteiger partial charge in [-0.1, -0.05) is 173 Å². The fraction of sp³-hybridized carbons (Fsp3) is 0.0968. The number of para-hydroxylation sites is 1. The van der Waals surface area contributed by atoms with Crippen LogP contribution in [0.4, 0.5) is 17.1 Å². The van der Waals surface area contributed by atoms with Crippen molar-refractivity contribution in [1.29, 1.82) is 0 Å². The van der Waals surface area contributed by atoms with Crippen LogP contribution in [-0.4, -0.2) is 0 Å². The summed E-state index contributed by atoms with van der Waals surface area (Å²) in [6.07, 6.45) is 0. The SMILES string of the molecule is CC1(C)c2cc(-c3ccc4ccccc4c3)ccc2-c2cc3c(cc21)Oc1cc2c(cc1N3c1ccccc1-c1ccccc1)-c1ccc(-c3ccc4ccccc4c3)cc1C2(C)C. The molecule has 2 nitrogen and oxygen atoms in total. The fourth-order valence-corrected chi connectivity index (χ4v) is 11.1. The van der Waals surface area contributed by atoms with Crippen molar-refractivity contribution >= 4 is 38.6 Å². The lowest BCUT2D eigenvalue weighted by Crippen LogP contribution is -2.20. The Morgan fingerprint density at radius 3 is 1.25 bits per heavy atom. The number of hydrogen-bond donors (Lipinski definition) is 0. The topological polar surface area (TPSA) is 12.5 Å². The first-order valence-electron chi connectivity index (χ1n) is 22.5. The van der Waals surface area contributed by atoms with Gasteiger partial charge in [0.1, 0.15) is 0 Å². The molecule has 0 unspecified atom stereocenters. The Kier molecular flexibility index (Phi) is 7.74. The summed E-state index contributed by atoms with van der Waals surface area (Å²) in [4.78, 5) is 2.47. The Labute approximate surface area is 374 Å². The first kappa shape index (κ1) is 36.9. The van der Waals surface area contributed by atoms with Crippen molar-refractivity contribution in [3.8, 4) is 67.1 Å². The van der Waals surface area contributed by atoms with Crippen LogP contribution in [0.25, 0.3) is 77.2 Å². The van der Waals surface area contributed by atoms with Crippen LogP contribution in [0.1, 0.15) is 49.9 Å². The van der Waals surface area contributed by atoms with E-state index < -0.39 is 0 Å². The van der Waals surface area contributed by atoms with Crippen molar-refractivity contribution in [3.63, 3.8) is 0 Å². The number of benzene rings is 10. The van der Waals surface area contributed by atoms with Crippen LogP contribution in [-0.2, 0) is 10.8 Å². The third-order valence-electron chi connectivity index (χ3n) is 14.6. The van der Waals surface area contributed by atoms with E-state index >= 15 is 0 Å². The Hall–Kier alpha value is -7.68. The summed E-state index contributed by atoms with van der Waals surface area (Å²) >= 11 is 0. The van der Waals surface area contributed by atoms with E-state index in [-0.39, 0.29) is 10.8 Å². The molecule has 10 aromatic carbocycles. The zero-order valence-electron chi connectivity index (χ0n) is 36.4. The van der Waals surface area contributed by atoms with Crippen molar-refractivity contribution in [2.45, 2.75) is 38.5 Å². The van der Waals surface area contributed by atoms with Gasteiger partial charge < -0.3 is 9.64 Å². The molecule has 0 saturated heterocycles. The van der Waals surface area contributed by atoms with Gasteiger partial charge in [0.2, 0.25) is 0 Å². The van der Waals surface area contributed by atoms with E-state index in [1.165, 1.54) is 99.4 Å². The monoisotopic (exact) mass is 819 g/mol. The number of fused-ring (bicyclic) bond motifs is 10. The van der Waals surface area contributed by atoms with E-state index in [0.717, 1.165) is 28.6 Å². The van der Waals surface area contributed by atoms with Crippen LogP contribution in [0.3, 0.4) is 0 Å². The highest BCUT2D eigenvalue weighted by atomic mass is 16.5. The maximum absolute atomic E-state index is 7.24. The minimum absolute atomic E-state index is 0.243. The van der Waals surface area contributed by atoms with Crippen molar-refractivity contribution < 1.29 is 4.74 Å². The van der Waals surface area contributed by atoms with E-state index in [9.17, 15) is 0 Å². The molecule has 0 fully saturated rings. The molecule has 0 atom stereocenters. The van der Waals surface area contributed by atoms with Crippen LogP contribution in [0.2, 0.25) is 0 Å². The smallest absolute Gasteiger partial charge is 0.151 e. The summed E-state index contributed by atoms with van der Waals surface area (Å²) in [5.41, 5.74) is 20.3. The van der Waals surface area contributed by atoms with E-state index in [0.29, 0.717) is 0 Å². The van der Waals surface area contributed by atoms with Gasteiger partial charge in [-0.05, 0) is 148 Å². The number of hydrogen-bond acceptors (Lipinski definition) is 2. The molecule has 64 heavy (non-hydrogen) atoms. The lowest BCUT2D eigenvalue weighted by Gasteiger charge is -2.36. The first-order chi connectivity index (χ1) is 31.2. The molecular weight excluding hydrogens is 775 g/mol. The molecule has 0 N–H and O–H groups in total. The summed E-state index contributed by atoms with van der Waals surface area (Å²) in [7, 11) is 0. The Morgan fingerprint density at radius 2 is 0.719 bits per heavy atom. The van der Waals surface area contributed by atoms with E-state index in [1.54, 1.807) is 0 Å². The maximum atomic E-state index is 7.24. The first-order valence-corrected chi connectivity index (χ1v) is 22.5. The predicted molar refractivity (Wildman–Crippen MR) is 268 cm³/mol. The Balaban J connectivity index is 0.983. The van der Waals surface area contributed by atoms with Gasteiger partial charge in [-0.2, -0.15) is 0 Å². The van der Waals surface area contributed by atoms with Crippen LogP contribution >= 0.6 is 0 Å². The van der Waals surface area contributed by atoms with Gasteiger partial charge in [0.15, 0.2) is 11.5 Å². The molecule has 1 aliphatic heterocycles. The number of nitrogens with zero attached hydrogens (tertiary/aromatic N) is 1. The second-order valence-corrected chi connectivity index (χ2v) is 18.9. The molecule has 0 amide bonds. The second kappa shape index (κ2) is 13.4. The molecule has 2 heteroatoms. The number of anilines is 3. The molecule has 0 saturated carbocycles. The molecule has 304 valence electrons. The van der Waals surface area contributed by atoms with Gasteiger partial charge in [-0.25, -0.2) is 0 Å². The third-order valence-corrected chi connectivity index (χ3v) is 14.6. The predicted octanol–water partition coefficient (Wildman–Crippen LogP) is 17.2. The molecular formula is C62H45NO. The van der Waals surface area contributed by atoms with E-state index in [2.05, 4.69) is 233 Å². The molecule has 10 aromatic rings. The zero-order chi connectivity index (χ0) is 42.9. The van der Waals surface area contributed by atoms with Crippen LogP contribution in [0, 0.1) is 0 Å². The van der Waals surface area contributed by atoms with Crippen LogP contribution in [0.15, 0.2) is 200 Å². The lowest BCUT2D eigenvalue weighted by molar-refractivity contribution is 0.473. The molecule has 2 aliphatic carbocycles. The molecule has 1 heterocycles. The van der Waals surface area contributed by atoms with Gasteiger partial charge in [-0.3, -0.25) is 0 Å². The molecule has 0 radical (unpaired) electrons. The summed E-state index contributed by atoms with van der Waals surface area (Å²) < 4.78 is 7.24. The van der Waals surface area contributed by atoms with Crippen molar-refractivity contribution in [3.05, 3.63) is 222 Å². The van der Waals surface area contributed by atoms with Crippen LogP contribution in [0.5, 0.6) is 11.5 Å². The van der Waals surface area contributed by atoms with Gasteiger partial charge in [-0.15, -0.1) is 0 Å². The summed E-state index contributed by atoms with van der Waals surface area (Å²) in [5, 5.41) is 5.03. The maximum Gasteiger partial charge on any atom is 0.151 e. The van der Waals surface area contributed by atoms with Gasteiger partial charge in [0, 0.05) is 16.4 Å². The summed E-state index contributed by atoms with van der Waals surface area (Å²) in [6.45, 7) is 9.47. The quantitative estimate of drug-likeness (QED) is 0.175. The van der Waals surface area contributed by atoms with E-state index in [4.69, 9.17) is 4.74 Å². The Morgan fingerprint density at radius 1 is 0.297 bits per heavy atom. The van der Waals surface area contributed by atoms with Crippen LogP contribution < -0.4 is 9.64 Å². The van der Waals surface area contributed by atoms with Crippen molar-refractivity contribution in [2.75, 3.05) is 4.90 Å². The number of rotatable bonds is 4. The third kappa shape index (κ3) is 5.39. The average Bonchev–Trinajstić information content (AvgIpc) is 3.69. The highest BCUT2D eigenvalue weighted by molar-refractivity contribution is 5.99. The molecule has 13 rings (SSSR count). The molecule has 0 bridgehead atoms. The molecule has 0 spiro atoms. The van der Waals surface area contributed by atoms with Crippen molar-refractivity contribution in [1.82, 2.24) is 0 Å². The molecule has 0 aromatic heterocycles. The Bertz CT molecular complexity index is 3400. The highest BCUT2D eigenvalue weighted by Gasteiger charge is 2.42. The van der Waals surface area contributed by atoms with Gasteiger partial charge in [0.05, 0.1) is 17.1 Å². The fourth-order valence-electron chi connectivity index (χ4n) is 11.1. The average molecular weight is 820 g/mol. The lowest BCUT2D eigenvalue weighted by atomic mass is 9.81. The zero-order valence-corrected chi connectivity index (χ0v) is 36.4. The summed E-state index contributed by atoms with van der Waals surface area (Å²) in [5.74, 6) is 1.74. The van der Waals surface area contributed by atoms with E-state index in [1.807, 2.05) is 0 Å². The minimum Gasteiger partial charge on any atom is -0.453 e. The van der Waals surface area contributed by atoms with Gasteiger partial charge >= 0.3 is 0 Å². The highest BCUT2D eigenvalue weighted by Crippen LogP contribution is 2.61. The second-order valence-electron chi connectivity index (χ2n) is 18.9. The largest absolute Gasteiger partial charge is 0.453 e.